The molecule has 1 aliphatic heterocycles. The number of para-hydroxylation sites is 1. The van der Waals surface area contributed by atoms with Crippen molar-refractivity contribution in [2.75, 3.05) is 49.7 Å². The number of nitrogens with two attached hydrogens (primary N) is 1. The number of fused-ring (bicyclic) bond motifs is 2. The van der Waals surface area contributed by atoms with Crippen molar-refractivity contribution in [1.82, 2.24) is 19.8 Å². The second kappa shape index (κ2) is 12.3. The molecule has 0 radical (unpaired) electrons. The lowest BCUT2D eigenvalue weighted by molar-refractivity contribution is 0.101. The number of benzene rings is 2. The van der Waals surface area contributed by atoms with E-state index in [9.17, 15) is 9.59 Å². The van der Waals surface area contributed by atoms with Crippen molar-refractivity contribution in [3.8, 4) is 16.9 Å². The maximum Gasteiger partial charge on any atom is 0.319 e. The number of aromatic nitrogens is 2. The van der Waals surface area contributed by atoms with Crippen molar-refractivity contribution >= 4 is 61.5 Å². The Morgan fingerprint density at radius 1 is 1.07 bits per heavy atom. The molecule has 11 heteroatoms. The number of likely N-dealkylation sites (tertiary alicyclic amines) is 1. The van der Waals surface area contributed by atoms with E-state index < -0.39 is 0 Å². The Bertz CT molecular complexity index is 1810. The predicted molar refractivity (Wildman–Crippen MR) is 174 cm³/mol. The molecule has 0 unspecified atom stereocenters. The number of anilines is 3. The number of nitrogen functional groups attached to an aromatic ring is 1. The van der Waals surface area contributed by atoms with Crippen molar-refractivity contribution in [3.63, 3.8) is 0 Å². The van der Waals surface area contributed by atoms with Gasteiger partial charge in [0.2, 0.25) is 0 Å². The highest BCUT2D eigenvalue weighted by molar-refractivity contribution is 7.18. The van der Waals surface area contributed by atoms with Gasteiger partial charge < -0.3 is 35.9 Å². The molecule has 3 amide bonds. The number of carbonyl (C=O) groups excluding carboxylic acids is 2. The quantitative estimate of drug-likeness (QED) is 0.157. The summed E-state index contributed by atoms with van der Waals surface area (Å²) in [5, 5.41) is 12.6. The minimum Gasteiger partial charge on any atom is -0.495 e. The predicted octanol–water partition coefficient (Wildman–Crippen LogP) is 5.91. The van der Waals surface area contributed by atoms with E-state index >= 15 is 0 Å². The van der Waals surface area contributed by atoms with Gasteiger partial charge in [-0.25, -0.2) is 9.78 Å². The summed E-state index contributed by atoms with van der Waals surface area (Å²) in [6, 6.07) is 15.1. The fourth-order valence-electron chi connectivity index (χ4n) is 5.70. The Morgan fingerprint density at radius 3 is 2.67 bits per heavy atom. The van der Waals surface area contributed by atoms with Gasteiger partial charge in [-0.05, 0) is 68.7 Å². The maximum atomic E-state index is 13.2. The van der Waals surface area contributed by atoms with Gasteiger partial charge in [0.15, 0.2) is 0 Å². The van der Waals surface area contributed by atoms with Crippen LogP contribution in [0.1, 0.15) is 29.8 Å². The van der Waals surface area contributed by atoms with Gasteiger partial charge in [0.25, 0.3) is 5.91 Å². The summed E-state index contributed by atoms with van der Waals surface area (Å²) in [5.74, 6) is 0.650. The summed E-state index contributed by atoms with van der Waals surface area (Å²) in [6.07, 6.45) is 5.02. The van der Waals surface area contributed by atoms with Gasteiger partial charge >= 0.3 is 6.03 Å². The lowest BCUT2D eigenvalue weighted by Gasteiger charge is -2.14. The summed E-state index contributed by atoms with van der Waals surface area (Å²) in [5.41, 5.74) is 10.7. The second-order valence-electron chi connectivity index (χ2n) is 10.7. The number of pyridine rings is 1. The molecule has 43 heavy (non-hydrogen) atoms. The third-order valence-electron chi connectivity index (χ3n) is 7.95. The van der Waals surface area contributed by atoms with Gasteiger partial charge in [-0.2, -0.15) is 0 Å². The average molecular weight is 598 g/mol. The number of thiophene rings is 1. The Hall–Kier alpha value is -4.61. The summed E-state index contributed by atoms with van der Waals surface area (Å²) in [7, 11) is 3.44. The van der Waals surface area contributed by atoms with Crippen LogP contribution in [0.2, 0.25) is 0 Å². The molecule has 5 N–H and O–H groups in total. The van der Waals surface area contributed by atoms with Crippen LogP contribution in [0.25, 0.3) is 32.1 Å². The summed E-state index contributed by atoms with van der Waals surface area (Å²) in [4.78, 5) is 32.7. The lowest BCUT2D eigenvalue weighted by Crippen LogP contribution is -2.32. The minimum absolute atomic E-state index is 0.232. The Morgan fingerprint density at radius 2 is 1.88 bits per heavy atom. The molecule has 0 saturated carbocycles. The SMILES string of the molecule is COc1cc(-c2csc3c(NC(=O)NCCCN4CCCC4)cnc(N)c23)ccc1NC(=O)c1cc2ccccc2n1C. The van der Waals surface area contributed by atoms with Crippen molar-refractivity contribution in [2.24, 2.45) is 7.05 Å². The number of nitrogens with zero attached hydrogens (tertiary/aromatic N) is 3. The van der Waals surface area contributed by atoms with E-state index in [1.165, 1.54) is 24.2 Å². The van der Waals surface area contributed by atoms with Crippen LogP contribution in [0.15, 0.2) is 60.1 Å². The van der Waals surface area contributed by atoms with Crippen LogP contribution < -0.4 is 26.4 Å². The topological polar surface area (TPSA) is 127 Å². The van der Waals surface area contributed by atoms with Gasteiger partial charge in [0.05, 0.1) is 29.4 Å². The molecule has 0 aliphatic carbocycles. The monoisotopic (exact) mass is 597 g/mol. The number of aryl methyl sites for hydroxylation is 1. The van der Waals surface area contributed by atoms with E-state index in [0.29, 0.717) is 35.2 Å². The Balaban J connectivity index is 1.19. The van der Waals surface area contributed by atoms with Crippen LogP contribution in [-0.4, -0.2) is 59.7 Å². The normalized spacial score (nSPS) is 13.4. The first-order chi connectivity index (χ1) is 20.9. The number of amides is 3. The van der Waals surface area contributed by atoms with Crippen LogP contribution in [-0.2, 0) is 7.05 Å². The Kier molecular flexibility index (Phi) is 8.17. The molecule has 0 atom stereocenters. The van der Waals surface area contributed by atoms with E-state index in [1.54, 1.807) is 13.3 Å². The first-order valence-electron chi connectivity index (χ1n) is 14.4. The fraction of sp³-hybridized carbons (Fsp3) is 0.281. The zero-order valence-electron chi connectivity index (χ0n) is 24.3. The van der Waals surface area contributed by atoms with Crippen molar-refractivity contribution in [2.45, 2.75) is 19.3 Å². The summed E-state index contributed by atoms with van der Waals surface area (Å²) in [6.45, 7) is 3.90. The number of rotatable bonds is 9. The van der Waals surface area contributed by atoms with E-state index in [1.807, 2.05) is 65.5 Å². The molecular formula is C32H35N7O3S. The average Bonchev–Trinajstić information content (AvgIpc) is 3.77. The first kappa shape index (κ1) is 28.5. The fourth-order valence-corrected chi connectivity index (χ4v) is 6.75. The van der Waals surface area contributed by atoms with Crippen molar-refractivity contribution in [1.29, 1.82) is 0 Å². The summed E-state index contributed by atoms with van der Waals surface area (Å²) >= 11 is 1.48. The zero-order chi connectivity index (χ0) is 29.9. The molecule has 0 bridgehead atoms. The molecule has 5 aromatic rings. The third-order valence-corrected chi connectivity index (χ3v) is 8.97. The highest BCUT2D eigenvalue weighted by atomic mass is 32.1. The van der Waals surface area contributed by atoms with E-state index in [0.717, 1.165) is 58.2 Å². The number of urea groups is 1. The van der Waals surface area contributed by atoms with Crippen LogP contribution in [0, 0.1) is 0 Å². The Labute approximate surface area is 253 Å². The third kappa shape index (κ3) is 5.86. The molecule has 2 aromatic carbocycles. The van der Waals surface area contributed by atoms with Crippen molar-refractivity contribution in [3.05, 3.63) is 65.8 Å². The molecule has 3 aromatic heterocycles. The van der Waals surface area contributed by atoms with Crippen LogP contribution in [0.5, 0.6) is 5.75 Å². The molecule has 1 aliphatic rings. The summed E-state index contributed by atoms with van der Waals surface area (Å²) < 4.78 is 8.38. The number of hydrogen-bond acceptors (Lipinski definition) is 7. The molecule has 222 valence electrons. The molecule has 0 spiro atoms. The smallest absolute Gasteiger partial charge is 0.319 e. The van der Waals surface area contributed by atoms with Crippen LogP contribution in [0.3, 0.4) is 0 Å². The van der Waals surface area contributed by atoms with Gasteiger partial charge in [-0.1, -0.05) is 24.3 Å². The van der Waals surface area contributed by atoms with Gasteiger partial charge in [-0.15, -0.1) is 11.3 Å². The van der Waals surface area contributed by atoms with E-state index in [-0.39, 0.29) is 11.9 Å². The highest BCUT2D eigenvalue weighted by Gasteiger charge is 2.19. The lowest BCUT2D eigenvalue weighted by atomic mass is 10.0. The van der Waals surface area contributed by atoms with E-state index in [2.05, 4.69) is 25.8 Å². The number of ether oxygens (including phenoxy) is 1. The van der Waals surface area contributed by atoms with Crippen LogP contribution in [0.4, 0.5) is 22.0 Å². The molecule has 4 heterocycles. The number of nitrogens with one attached hydrogen (secondary N) is 3. The molecule has 1 fully saturated rings. The number of carbonyl (C=O) groups is 2. The van der Waals surface area contributed by atoms with Crippen LogP contribution >= 0.6 is 11.3 Å². The largest absolute Gasteiger partial charge is 0.495 e. The second-order valence-corrected chi connectivity index (χ2v) is 11.6. The molecule has 1 saturated heterocycles. The van der Waals surface area contributed by atoms with Gasteiger partial charge in [-0.3, -0.25) is 4.79 Å². The molecular weight excluding hydrogens is 562 g/mol. The number of hydrogen-bond donors (Lipinski definition) is 4. The zero-order valence-corrected chi connectivity index (χ0v) is 25.1. The van der Waals surface area contributed by atoms with Crippen molar-refractivity contribution < 1.29 is 14.3 Å². The number of methoxy groups -OCH3 is 1. The molecule has 10 nitrogen and oxygen atoms in total. The minimum atomic E-state index is -0.267. The highest BCUT2D eigenvalue weighted by Crippen LogP contribution is 2.42. The van der Waals surface area contributed by atoms with E-state index in [4.69, 9.17) is 10.5 Å². The maximum absolute atomic E-state index is 13.2. The molecule has 6 rings (SSSR count). The standard InChI is InChI=1S/C32H35N7O3S/c1-38-25-9-4-3-8-21(25)16-26(38)31(40)36-23-11-10-20(17-27(23)42-2)22-19-43-29-24(18-35-30(33)28(22)29)37-32(41)34-12-7-15-39-13-5-6-14-39/h3-4,8-11,16-19H,5-7,12-15H2,1-2H3,(H2,33,35)(H,36,40)(H2,34,37,41). The first-order valence-corrected chi connectivity index (χ1v) is 15.3. The van der Waals surface area contributed by atoms with Gasteiger partial charge in [0.1, 0.15) is 17.3 Å². The van der Waals surface area contributed by atoms with Gasteiger partial charge in [0, 0.05) is 40.8 Å².